The number of hydrogen-bond donors (Lipinski definition) is 1. The van der Waals surface area contributed by atoms with Crippen molar-refractivity contribution in [3.8, 4) is 5.75 Å². The van der Waals surface area contributed by atoms with Crippen LogP contribution < -0.4 is 10.1 Å². The highest BCUT2D eigenvalue weighted by Gasteiger charge is 2.26. The average molecular weight is 439 g/mol. The zero-order chi connectivity index (χ0) is 23.9. The molecule has 0 aromatic heterocycles. The van der Waals surface area contributed by atoms with E-state index in [-0.39, 0.29) is 23.3 Å². The van der Waals surface area contributed by atoms with Crippen LogP contribution in [0.1, 0.15) is 64.7 Å². The smallest absolute Gasteiger partial charge is 0.242 e. The highest BCUT2D eigenvalue weighted by atomic mass is 16.5. The normalized spacial score (nSPS) is 12.4. The number of aryl methyl sites for hydroxylation is 1. The second-order valence-electron chi connectivity index (χ2n) is 9.66. The van der Waals surface area contributed by atoms with Crippen LogP contribution in [0.5, 0.6) is 5.75 Å². The van der Waals surface area contributed by atoms with E-state index in [9.17, 15) is 9.59 Å². The lowest BCUT2D eigenvalue weighted by Crippen LogP contribution is -2.49. The molecule has 2 aromatic rings. The van der Waals surface area contributed by atoms with E-state index >= 15 is 0 Å². The fraction of sp³-hybridized carbons (Fsp3) is 0.481. The Morgan fingerprint density at radius 3 is 2.00 bits per heavy atom. The third-order valence-corrected chi connectivity index (χ3v) is 5.56. The number of hydrogen-bond acceptors (Lipinski definition) is 3. The molecule has 0 aliphatic heterocycles. The molecule has 0 aliphatic carbocycles. The Bertz CT molecular complexity index is 881. The Morgan fingerprint density at radius 1 is 0.938 bits per heavy atom. The van der Waals surface area contributed by atoms with E-state index in [0.717, 1.165) is 16.9 Å². The summed E-state index contributed by atoms with van der Waals surface area (Å²) in [5.74, 6) is 0.583. The number of carbonyl (C=O) groups excluding carboxylic acids is 2. The van der Waals surface area contributed by atoms with Gasteiger partial charge in [-0.25, -0.2) is 0 Å². The van der Waals surface area contributed by atoms with Gasteiger partial charge in [0.15, 0.2) is 0 Å². The highest BCUT2D eigenvalue weighted by Crippen LogP contribution is 2.23. The van der Waals surface area contributed by atoms with Crippen molar-refractivity contribution in [1.29, 1.82) is 0 Å². The number of carbonyl (C=O) groups is 2. The van der Waals surface area contributed by atoms with Gasteiger partial charge in [0.25, 0.3) is 0 Å². The quantitative estimate of drug-likeness (QED) is 0.608. The van der Waals surface area contributed by atoms with E-state index < -0.39 is 6.04 Å². The molecule has 5 nitrogen and oxygen atoms in total. The summed E-state index contributed by atoms with van der Waals surface area (Å²) in [5.41, 5.74) is 3.45. The molecule has 0 radical (unpaired) electrons. The first-order chi connectivity index (χ1) is 15.0. The van der Waals surface area contributed by atoms with Crippen LogP contribution in [0.15, 0.2) is 48.5 Å². The summed E-state index contributed by atoms with van der Waals surface area (Å²) < 4.78 is 5.22. The van der Waals surface area contributed by atoms with Gasteiger partial charge in [-0.2, -0.15) is 0 Å². The van der Waals surface area contributed by atoms with Crippen molar-refractivity contribution in [2.45, 2.75) is 78.4 Å². The topological polar surface area (TPSA) is 58.6 Å². The Hall–Kier alpha value is -2.82. The Morgan fingerprint density at radius 2 is 1.50 bits per heavy atom. The number of nitrogens with zero attached hydrogens (tertiary/aromatic N) is 1. The molecule has 5 heteroatoms. The van der Waals surface area contributed by atoms with Crippen molar-refractivity contribution in [3.63, 3.8) is 0 Å². The molecule has 1 atom stereocenters. The number of amides is 2. The maximum absolute atomic E-state index is 13.2. The third kappa shape index (κ3) is 7.40. The summed E-state index contributed by atoms with van der Waals surface area (Å²) >= 11 is 0. The lowest BCUT2D eigenvalue weighted by Gasteiger charge is -2.29. The molecule has 32 heavy (non-hydrogen) atoms. The summed E-state index contributed by atoms with van der Waals surface area (Å²) in [7, 11) is 1.62. The number of methoxy groups -OCH3 is 1. The summed E-state index contributed by atoms with van der Waals surface area (Å²) in [6.07, 6.45) is 0.991. The van der Waals surface area contributed by atoms with E-state index in [2.05, 4.69) is 50.4 Å². The highest BCUT2D eigenvalue weighted by molar-refractivity contribution is 5.87. The molecular formula is C27H38N2O3. The molecule has 1 unspecified atom stereocenters. The van der Waals surface area contributed by atoms with Crippen molar-refractivity contribution in [3.05, 3.63) is 65.2 Å². The minimum atomic E-state index is -0.560. The maximum Gasteiger partial charge on any atom is 0.242 e. The van der Waals surface area contributed by atoms with Crippen LogP contribution in [-0.2, 0) is 28.0 Å². The molecule has 0 saturated carbocycles. The van der Waals surface area contributed by atoms with E-state index in [0.29, 0.717) is 19.4 Å². The summed E-state index contributed by atoms with van der Waals surface area (Å²) in [4.78, 5) is 27.6. The molecule has 0 aliphatic rings. The summed E-state index contributed by atoms with van der Waals surface area (Å²) in [6, 6.07) is 15.5. The SMILES string of the molecule is COc1ccc(CN(C(=O)CCc2ccc(C(C)(C)C)cc2)C(C)C(=O)NC(C)C)cc1. The van der Waals surface area contributed by atoms with Gasteiger partial charge in [-0.15, -0.1) is 0 Å². The molecule has 0 fully saturated rings. The Labute approximate surface area is 193 Å². The standard InChI is InChI=1S/C27H38N2O3/c1-19(2)28-26(31)20(3)29(18-22-10-15-24(32-7)16-11-22)25(30)17-12-21-8-13-23(14-9-21)27(4,5)6/h8-11,13-16,19-20H,12,17-18H2,1-7H3,(H,28,31). The largest absolute Gasteiger partial charge is 0.497 e. The van der Waals surface area contributed by atoms with Crippen LogP contribution >= 0.6 is 0 Å². The number of rotatable bonds is 9. The second-order valence-corrected chi connectivity index (χ2v) is 9.66. The van der Waals surface area contributed by atoms with Crippen LogP contribution in [0, 0.1) is 0 Å². The van der Waals surface area contributed by atoms with Gasteiger partial charge in [0.2, 0.25) is 11.8 Å². The lowest BCUT2D eigenvalue weighted by molar-refractivity contribution is -0.140. The van der Waals surface area contributed by atoms with Gasteiger partial charge in [0, 0.05) is 19.0 Å². The monoisotopic (exact) mass is 438 g/mol. The van der Waals surface area contributed by atoms with Gasteiger partial charge in [-0.1, -0.05) is 57.2 Å². The summed E-state index contributed by atoms with van der Waals surface area (Å²) in [6.45, 7) is 12.6. The van der Waals surface area contributed by atoms with Crippen LogP contribution in [0.25, 0.3) is 0 Å². The van der Waals surface area contributed by atoms with Gasteiger partial charge in [0.1, 0.15) is 11.8 Å². The minimum Gasteiger partial charge on any atom is -0.497 e. The van der Waals surface area contributed by atoms with Gasteiger partial charge in [-0.05, 0) is 61.4 Å². The third-order valence-electron chi connectivity index (χ3n) is 5.56. The number of ether oxygens (including phenoxy) is 1. The van der Waals surface area contributed by atoms with Crippen molar-refractivity contribution < 1.29 is 14.3 Å². The molecule has 2 aromatic carbocycles. The van der Waals surface area contributed by atoms with E-state index in [1.807, 2.05) is 38.1 Å². The van der Waals surface area contributed by atoms with Crippen molar-refractivity contribution >= 4 is 11.8 Å². The van der Waals surface area contributed by atoms with Crippen molar-refractivity contribution in [1.82, 2.24) is 10.2 Å². The zero-order valence-corrected chi connectivity index (χ0v) is 20.6. The minimum absolute atomic E-state index is 0.0178. The van der Waals surface area contributed by atoms with Crippen LogP contribution in [0.2, 0.25) is 0 Å². The lowest BCUT2D eigenvalue weighted by atomic mass is 9.86. The van der Waals surface area contributed by atoms with Gasteiger partial charge < -0.3 is 15.0 Å². The Kier molecular flexibility index (Phi) is 8.88. The van der Waals surface area contributed by atoms with Crippen LogP contribution in [0.3, 0.4) is 0 Å². The fourth-order valence-electron chi connectivity index (χ4n) is 3.48. The van der Waals surface area contributed by atoms with Crippen LogP contribution in [-0.4, -0.2) is 35.9 Å². The molecule has 2 rings (SSSR count). The molecule has 174 valence electrons. The average Bonchev–Trinajstić information content (AvgIpc) is 2.75. The number of benzene rings is 2. The van der Waals surface area contributed by atoms with Crippen molar-refractivity contribution in [2.75, 3.05) is 7.11 Å². The zero-order valence-electron chi connectivity index (χ0n) is 20.6. The van der Waals surface area contributed by atoms with E-state index in [1.165, 1.54) is 5.56 Å². The van der Waals surface area contributed by atoms with Crippen LogP contribution in [0.4, 0.5) is 0 Å². The fourth-order valence-corrected chi connectivity index (χ4v) is 3.48. The molecule has 0 heterocycles. The first-order valence-electron chi connectivity index (χ1n) is 11.3. The first-order valence-corrected chi connectivity index (χ1v) is 11.3. The second kappa shape index (κ2) is 11.2. The van der Waals surface area contributed by atoms with E-state index in [1.54, 1.807) is 18.9 Å². The van der Waals surface area contributed by atoms with Gasteiger partial charge in [-0.3, -0.25) is 9.59 Å². The maximum atomic E-state index is 13.2. The van der Waals surface area contributed by atoms with E-state index in [4.69, 9.17) is 4.74 Å². The molecule has 0 saturated heterocycles. The predicted octanol–water partition coefficient (Wildman–Crippen LogP) is 4.87. The number of nitrogens with one attached hydrogen (secondary N) is 1. The van der Waals surface area contributed by atoms with Gasteiger partial charge in [0.05, 0.1) is 7.11 Å². The Balaban J connectivity index is 2.13. The van der Waals surface area contributed by atoms with Crippen molar-refractivity contribution in [2.24, 2.45) is 0 Å². The first kappa shape index (κ1) is 25.4. The summed E-state index contributed by atoms with van der Waals surface area (Å²) in [5, 5.41) is 2.92. The predicted molar refractivity (Wildman–Crippen MR) is 130 cm³/mol. The molecule has 0 spiro atoms. The molecule has 2 amide bonds. The molecule has 0 bridgehead atoms. The van der Waals surface area contributed by atoms with Gasteiger partial charge >= 0.3 is 0 Å². The molecule has 1 N–H and O–H groups in total. The molecular weight excluding hydrogens is 400 g/mol.